The molecule has 1 saturated heterocycles. The molecule has 19 heavy (non-hydrogen) atoms. The summed E-state index contributed by atoms with van der Waals surface area (Å²) in [6.45, 7) is 6.82. The van der Waals surface area contributed by atoms with Crippen molar-refractivity contribution in [3.63, 3.8) is 0 Å². The quantitative estimate of drug-likeness (QED) is 0.646. The average molecular weight is 292 g/mol. The van der Waals surface area contributed by atoms with Crippen LogP contribution in [0.5, 0.6) is 0 Å². The maximum atomic E-state index is 12.4. The third-order valence-electron chi connectivity index (χ3n) is 3.30. The van der Waals surface area contributed by atoms with Gasteiger partial charge in [-0.3, -0.25) is 0 Å². The molecule has 0 spiro atoms. The molecule has 0 amide bonds. The van der Waals surface area contributed by atoms with Gasteiger partial charge in [0.15, 0.2) is 0 Å². The van der Waals surface area contributed by atoms with Crippen LogP contribution in [-0.4, -0.2) is 57.9 Å². The molecule has 0 aromatic heterocycles. The number of methoxy groups -OCH3 is 1. The van der Waals surface area contributed by atoms with Gasteiger partial charge in [-0.1, -0.05) is 13.8 Å². The molecule has 1 N–H and O–H groups in total. The van der Waals surface area contributed by atoms with Crippen molar-refractivity contribution in [2.45, 2.75) is 39.2 Å². The Hall–Kier alpha value is -0.170. The smallest absolute Gasteiger partial charge is 0.214 e. The van der Waals surface area contributed by atoms with Crippen molar-refractivity contribution in [3.05, 3.63) is 0 Å². The lowest BCUT2D eigenvalue weighted by Crippen LogP contribution is -2.43. The summed E-state index contributed by atoms with van der Waals surface area (Å²) >= 11 is 0. The molecule has 114 valence electrons. The Balaban J connectivity index is 2.59. The minimum Gasteiger partial charge on any atom is -0.385 e. The number of rotatable bonds is 9. The van der Waals surface area contributed by atoms with Crippen molar-refractivity contribution in [2.24, 2.45) is 5.92 Å². The van der Waals surface area contributed by atoms with E-state index in [4.69, 9.17) is 4.74 Å². The highest BCUT2D eigenvalue weighted by atomic mass is 32.2. The van der Waals surface area contributed by atoms with Crippen LogP contribution in [0.1, 0.15) is 33.1 Å². The van der Waals surface area contributed by atoms with Crippen molar-refractivity contribution in [1.29, 1.82) is 0 Å². The number of sulfonamides is 1. The van der Waals surface area contributed by atoms with E-state index >= 15 is 0 Å². The SMILES string of the molecule is COCCCS(=O)(=O)N(CC(C)C)CC1CCCN1. The molecule has 1 aliphatic rings. The van der Waals surface area contributed by atoms with Gasteiger partial charge in [-0.15, -0.1) is 0 Å². The summed E-state index contributed by atoms with van der Waals surface area (Å²) in [5.74, 6) is 0.527. The molecule has 0 radical (unpaired) electrons. The summed E-state index contributed by atoms with van der Waals surface area (Å²) in [6, 6.07) is 0.316. The summed E-state index contributed by atoms with van der Waals surface area (Å²) in [7, 11) is -1.57. The molecule has 5 nitrogen and oxygen atoms in total. The average Bonchev–Trinajstić information content (AvgIpc) is 2.80. The van der Waals surface area contributed by atoms with Gasteiger partial charge in [-0.2, -0.15) is 0 Å². The van der Waals surface area contributed by atoms with Crippen LogP contribution < -0.4 is 5.32 Å². The van der Waals surface area contributed by atoms with Crippen LogP contribution in [0.3, 0.4) is 0 Å². The van der Waals surface area contributed by atoms with E-state index in [1.807, 2.05) is 0 Å². The summed E-state index contributed by atoms with van der Waals surface area (Å²) < 4.78 is 31.3. The third-order valence-corrected chi connectivity index (χ3v) is 5.19. The van der Waals surface area contributed by atoms with Gasteiger partial charge in [0, 0.05) is 32.8 Å². The first-order valence-electron chi connectivity index (χ1n) is 7.16. The zero-order valence-corrected chi connectivity index (χ0v) is 13.2. The van der Waals surface area contributed by atoms with E-state index in [9.17, 15) is 8.42 Å². The van der Waals surface area contributed by atoms with Crippen LogP contribution in [0.4, 0.5) is 0 Å². The zero-order chi connectivity index (χ0) is 14.3. The van der Waals surface area contributed by atoms with E-state index in [-0.39, 0.29) is 5.75 Å². The standard InChI is InChI=1S/C13H28N2O3S/c1-12(2)10-15(11-13-6-4-7-14-13)19(16,17)9-5-8-18-3/h12-14H,4-11H2,1-3H3. The zero-order valence-electron chi connectivity index (χ0n) is 12.4. The fourth-order valence-electron chi connectivity index (χ4n) is 2.38. The van der Waals surface area contributed by atoms with Gasteiger partial charge in [-0.05, 0) is 31.7 Å². The molecule has 6 heteroatoms. The first-order chi connectivity index (χ1) is 8.95. The normalized spacial score (nSPS) is 20.6. The molecule has 1 atom stereocenters. The predicted molar refractivity (Wildman–Crippen MR) is 77.7 cm³/mol. The summed E-state index contributed by atoms with van der Waals surface area (Å²) in [6.07, 6.45) is 2.78. The minimum atomic E-state index is -3.16. The largest absolute Gasteiger partial charge is 0.385 e. The monoisotopic (exact) mass is 292 g/mol. The maximum Gasteiger partial charge on any atom is 0.214 e. The molecule has 0 aliphatic carbocycles. The van der Waals surface area contributed by atoms with E-state index in [2.05, 4.69) is 19.2 Å². The maximum absolute atomic E-state index is 12.4. The molecule has 1 aliphatic heterocycles. The predicted octanol–water partition coefficient (Wildman–Crippen LogP) is 1.06. The summed E-state index contributed by atoms with van der Waals surface area (Å²) in [5, 5.41) is 3.37. The molecular weight excluding hydrogens is 264 g/mol. The first-order valence-corrected chi connectivity index (χ1v) is 8.76. The van der Waals surface area contributed by atoms with Gasteiger partial charge in [-0.25, -0.2) is 12.7 Å². The topological polar surface area (TPSA) is 58.6 Å². The van der Waals surface area contributed by atoms with Crippen LogP contribution >= 0.6 is 0 Å². The molecule has 0 aromatic rings. The molecule has 0 bridgehead atoms. The summed E-state index contributed by atoms with van der Waals surface area (Å²) in [4.78, 5) is 0. The van der Waals surface area contributed by atoms with E-state index in [0.717, 1.165) is 19.4 Å². The minimum absolute atomic E-state index is 0.181. The van der Waals surface area contributed by atoms with Gasteiger partial charge in [0.05, 0.1) is 5.75 Å². The Labute approximate surface area is 117 Å². The molecule has 1 unspecified atom stereocenters. The molecule has 1 heterocycles. The number of nitrogens with one attached hydrogen (secondary N) is 1. The van der Waals surface area contributed by atoms with Gasteiger partial charge in [0.2, 0.25) is 10.0 Å². The Morgan fingerprint density at radius 2 is 2.16 bits per heavy atom. The van der Waals surface area contributed by atoms with Crippen molar-refractivity contribution in [3.8, 4) is 0 Å². The summed E-state index contributed by atoms with van der Waals surface area (Å²) in [5.41, 5.74) is 0. The lowest BCUT2D eigenvalue weighted by atomic mass is 10.2. The number of hydrogen-bond acceptors (Lipinski definition) is 4. The second-order valence-electron chi connectivity index (χ2n) is 5.67. The number of nitrogens with zero attached hydrogens (tertiary/aromatic N) is 1. The van der Waals surface area contributed by atoms with Gasteiger partial charge >= 0.3 is 0 Å². The fourth-order valence-corrected chi connectivity index (χ4v) is 4.06. The lowest BCUT2D eigenvalue weighted by Gasteiger charge is -2.26. The number of ether oxygens (including phenoxy) is 1. The molecule has 1 rings (SSSR count). The van der Waals surface area contributed by atoms with Crippen molar-refractivity contribution < 1.29 is 13.2 Å². The third kappa shape index (κ3) is 6.21. The van der Waals surface area contributed by atoms with Crippen molar-refractivity contribution in [2.75, 3.05) is 39.1 Å². The second-order valence-corrected chi connectivity index (χ2v) is 7.75. The molecule has 0 saturated carbocycles. The van der Waals surface area contributed by atoms with Gasteiger partial charge in [0.1, 0.15) is 0 Å². The Morgan fingerprint density at radius 1 is 1.42 bits per heavy atom. The van der Waals surface area contributed by atoms with Gasteiger partial charge in [0.25, 0.3) is 0 Å². The Morgan fingerprint density at radius 3 is 2.68 bits per heavy atom. The van der Waals surface area contributed by atoms with Gasteiger partial charge < -0.3 is 10.1 Å². The number of hydrogen-bond donors (Lipinski definition) is 1. The van der Waals surface area contributed by atoms with Crippen molar-refractivity contribution >= 4 is 10.0 Å². The van der Waals surface area contributed by atoms with Crippen LogP contribution in [0.25, 0.3) is 0 Å². The van der Waals surface area contributed by atoms with E-state index in [0.29, 0.717) is 38.1 Å². The lowest BCUT2D eigenvalue weighted by molar-refractivity contribution is 0.199. The highest BCUT2D eigenvalue weighted by Gasteiger charge is 2.26. The first kappa shape index (κ1) is 16.9. The van der Waals surface area contributed by atoms with E-state index < -0.39 is 10.0 Å². The van der Waals surface area contributed by atoms with E-state index in [1.54, 1.807) is 11.4 Å². The fraction of sp³-hybridized carbons (Fsp3) is 1.00. The van der Waals surface area contributed by atoms with Crippen LogP contribution in [0.15, 0.2) is 0 Å². The van der Waals surface area contributed by atoms with Crippen LogP contribution in [-0.2, 0) is 14.8 Å². The Kier molecular flexibility index (Phi) is 7.28. The van der Waals surface area contributed by atoms with E-state index in [1.165, 1.54) is 0 Å². The van der Waals surface area contributed by atoms with Crippen LogP contribution in [0, 0.1) is 5.92 Å². The Bertz CT molecular complexity index is 338. The highest BCUT2D eigenvalue weighted by molar-refractivity contribution is 7.89. The molecule has 1 fully saturated rings. The second kappa shape index (κ2) is 8.19. The molecule has 0 aromatic carbocycles. The highest BCUT2D eigenvalue weighted by Crippen LogP contribution is 2.13. The van der Waals surface area contributed by atoms with Crippen LogP contribution in [0.2, 0.25) is 0 Å². The van der Waals surface area contributed by atoms with Crippen molar-refractivity contribution in [1.82, 2.24) is 9.62 Å². The molecular formula is C13H28N2O3S.